The van der Waals surface area contributed by atoms with E-state index in [9.17, 15) is 9.18 Å². The van der Waals surface area contributed by atoms with Gasteiger partial charge in [-0.25, -0.2) is 19.3 Å². The van der Waals surface area contributed by atoms with Gasteiger partial charge in [0, 0.05) is 55.6 Å². The van der Waals surface area contributed by atoms with Crippen LogP contribution in [-0.2, 0) is 6.54 Å². The van der Waals surface area contributed by atoms with Gasteiger partial charge < -0.3 is 10.2 Å². The summed E-state index contributed by atoms with van der Waals surface area (Å²) in [5.41, 5.74) is 2.98. The molecule has 1 aliphatic heterocycles. The predicted molar refractivity (Wildman–Crippen MR) is 142 cm³/mol. The standard InChI is InChI=1S/C29H29FN6O/c1-2-35-14-16-36(17-15-35)20-21-8-13-26(31-18-21)33-29-25(30)19-32-28(34-29)24-11-9-23(10-12-24)27(37)22-6-4-3-5-7-22/h3-13,18-19H,2,14-17,20H2,1H3,(H,31,32,33,34). The molecule has 0 spiro atoms. The van der Waals surface area contributed by atoms with E-state index in [0.717, 1.165) is 51.0 Å². The van der Waals surface area contributed by atoms with Crippen molar-refractivity contribution in [1.29, 1.82) is 0 Å². The van der Waals surface area contributed by atoms with E-state index in [2.05, 4.69) is 37.0 Å². The predicted octanol–water partition coefficient (Wildman–Crippen LogP) is 4.79. The van der Waals surface area contributed by atoms with E-state index in [1.165, 1.54) is 0 Å². The van der Waals surface area contributed by atoms with Crippen molar-refractivity contribution in [3.63, 3.8) is 0 Å². The maximum absolute atomic E-state index is 14.5. The van der Waals surface area contributed by atoms with Gasteiger partial charge in [0.25, 0.3) is 0 Å². The summed E-state index contributed by atoms with van der Waals surface area (Å²) in [6, 6.07) is 19.9. The SMILES string of the molecule is CCN1CCN(Cc2ccc(Nc3nc(-c4ccc(C(=O)c5ccccc5)cc4)ncc3F)nc2)CC1. The van der Waals surface area contributed by atoms with Crippen LogP contribution in [0.2, 0.25) is 0 Å². The Labute approximate surface area is 216 Å². The largest absolute Gasteiger partial charge is 0.322 e. The first-order valence-corrected chi connectivity index (χ1v) is 12.5. The second-order valence-electron chi connectivity index (χ2n) is 9.05. The van der Waals surface area contributed by atoms with E-state index in [-0.39, 0.29) is 11.6 Å². The molecule has 188 valence electrons. The fourth-order valence-corrected chi connectivity index (χ4v) is 4.36. The van der Waals surface area contributed by atoms with Crippen molar-refractivity contribution in [1.82, 2.24) is 24.8 Å². The Bertz CT molecular complexity index is 1340. The second kappa shape index (κ2) is 11.4. The molecule has 7 nitrogen and oxygen atoms in total. The lowest BCUT2D eigenvalue weighted by molar-refractivity contribution is 0.103. The number of pyridine rings is 1. The molecule has 0 radical (unpaired) electrons. The van der Waals surface area contributed by atoms with E-state index in [0.29, 0.717) is 28.3 Å². The zero-order chi connectivity index (χ0) is 25.6. The van der Waals surface area contributed by atoms with Crippen molar-refractivity contribution in [3.05, 3.63) is 102 Å². The first kappa shape index (κ1) is 24.7. The fraction of sp³-hybridized carbons (Fsp3) is 0.241. The van der Waals surface area contributed by atoms with E-state index in [1.807, 2.05) is 36.5 Å². The summed E-state index contributed by atoms with van der Waals surface area (Å²) in [4.78, 5) is 30.5. The molecule has 3 heterocycles. The first-order chi connectivity index (χ1) is 18.1. The van der Waals surface area contributed by atoms with E-state index >= 15 is 0 Å². The highest BCUT2D eigenvalue weighted by atomic mass is 19.1. The zero-order valence-corrected chi connectivity index (χ0v) is 20.8. The Balaban J connectivity index is 1.25. The summed E-state index contributed by atoms with van der Waals surface area (Å²) in [6.45, 7) is 8.40. The summed E-state index contributed by atoms with van der Waals surface area (Å²) in [6.07, 6.45) is 2.95. The lowest BCUT2D eigenvalue weighted by Gasteiger charge is -2.33. The molecule has 0 atom stereocenters. The van der Waals surface area contributed by atoms with Gasteiger partial charge in [0.1, 0.15) is 5.82 Å². The van der Waals surface area contributed by atoms with Gasteiger partial charge in [0.05, 0.1) is 6.20 Å². The Hall–Kier alpha value is -4.01. The number of benzene rings is 2. The minimum atomic E-state index is -0.570. The number of nitrogens with one attached hydrogen (secondary N) is 1. The number of halogens is 1. The monoisotopic (exact) mass is 496 g/mol. The number of hydrogen-bond donors (Lipinski definition) is 1. The number of ketones is 1. The number of rotatable bonds is 8. The molecule has 0 unspecified atom stereocenters. The van der Waals surface area contributed by atoms with Crippen LogP contribution >= 0.6 is 0 Å². The summed E-state index contributed by atoms with van der Waals surface area (Å²) >= 11 is 0. The molecule has 1 N–H and O–H groups in total. The molecule has 37 heavy (non-hydrogen) atoms. The zero-order valence-electron chi connectivity index (χ0n) is 20.8. The van der Waals surface area contributed by atoms with Crippen LogP contribution in [0.25, 0.3) is 11.4 Å². The van der Waals surface area contributed by atoms with Gasteiger partial charge in [-0.15, -0.1) is 0 Å². The Morgan fingerprint density at radius 3 is 2.24 bits per heavy atom. The molecule has 1 aliphatic rings. The van der Waals surface area contributed by atoms with Crippen LogP contribution in [0.15, 0.2) is 79.1 Å². The highest BCUT2D eigenvalue weighted by Crippen LogP contribution is 2.22. The minimum absolute atomic E-state index is 0.0466. The Morgan fingerprint density at radius 2 is 1.57 bits per heavy atom. The Morgan fingerprint density at radius 1 is 0.865 bits per heavy atom. The molecule has 2 aromatic carbocycles. The van der Waals surface area contributed by atoms with E-state index in [4.69, 9.17) is 0 Å². The number of aromatic nitrogens is 3. The third-order valence-electron chi connectivity index (χ3n) is 6.57. The third-order valence-corrected chi connectivity index (χ3v) is 6.57. The van der Waals surface area contributed by atoms with Crippen molar-refractivity contribution >= 4 is 17.4 Å². The van der Waals surface area contributed by atoms with Crippen molar-refractivity contribution in [2.24, 2.45) is 0 Å². The van der Waals surface area contributed by atoms with Gasteiger partial charge in [0.15, 0.2) is 23.2 Å². The molecule has 1 saturated heterocycles. The normalized spacial score (nSPS) is 14.4. The first-order valence-electron chi connectivity index (χ1n) is 12.5. The molecule has 1 fully saturated rings. The molecular formula is C29H29FN6O. The molecular weight excluding hydrogens is 467 g/mol. The highest BCUT2D eigenvalue weighted by molar-refractivity contribution is 6.09. The molecule has 0 saturated carbocycles. The van der Waals surface area contributed by atoms with Crippen LogP contribution in [0.3, 0.4) is 0 Å². The number of nitrogens with zero attached hydrogens (tertiary/aromatic N) is 5. The number of hydrogen-bond acceptors (Lipinski definition) is 7. The topological polar surface area (TPSA) is 74.2 Å². The van der Waals surface area contributed by atoms with Gasteiger partial charge in [0.2, 0.25) is 0 Å². The van der Waals surface area contributed by atoms with Crippen LogP contribution in [0, 0.1) is 5.82 Å². The van der Waals surface area contributed by atoms with Crippen LogP contribution in [-0.4, -0.2) is 63.3 Å². The van der Waals surface area contributed by atoms with Crippen LogP contribution in [0.5, 0.6) is 0 Å². The van der Waals surface area contributed by atoms with Gasteiger partial charge in [-0.05, 0) is 18.2 Å². The fourth-order valence-electron chi connectivity index (χ4n) is 4.36. The van der Waals surface area contributed by atoms with Crippen LogP contribution < -0.4 is 5.32 Å². The van der Waals surface area contributed by atoms with Crippen molar-refractivity contribution < 1.29 is 9.18 Å². The van der Waals surface area contributed by atoms with E-state index in [1.54, 1.807) is 36.4 Å². The maximum atomic E-state index is 14.5. The molecule has 2 aromatic heterocycles. The average molecular weight is 497 g/mol. The summed E-state index contributed by atoms with van der Waals surface area (Å²) in [5.74, 6) is 0.273. The summed E-state index contributed by atoms with van der Waals surface area (Å²) < 4.78 is 14.5. The third kappa shape index (κ3) is 6.04. The van der Waals surface area contributed by atoms with Crippen LogP contribution in [0.1, 0.15) is 28.4 Å². The van der Waals surface area contributed by atoms with E-state index < -0.39 is 5.82 Å². The van der Waals surface area contributed by atoms with Gasteiger partial charge in [-0.2, -0.15) is 0 Å². The second-order valence-corrected chi connectivity index (χ2v) is 9.05. The lowest BCUT2D eigenvalue weighted by Crippen LogP contribution is -2.45. The molecule has 0 bridgehead atoms. The molecule has 4 aromatic rings. The maximum Gasteiger partial charge on any atom is 0.193 e. The number of piperazine rings is 1. The van der Waals surface area contributed by atoms with Crippen LogP contribution in [0.4, 0.5) is 16.0 Å². The summed E-state index contributed by atoms with van der Waals surface area (Å²) in [5, 5.41) is 2.97. The number of carbonyl (C=O) groups is 1. The Kier molecular flexibility index (Phi) is 7.58. The quantitative estimate of drug-likeness (QED) is 0.352. The molecule has 8 heteroatoms. The highest BCUT2D eigenvalue weighted by Gasteiger charge is 2.16. The molecule has 5 rings (SSSR count). The molecule has 0 amide bonds. The lowest BCUT2D eigenvalue weighted by atomic mass is 10.0. The minimum Gasteiger partial charge on any atom is -0.322 e. The number of likely N-dealkylation sites (N-methyl/N-ethyl adjacent to an activating group) is 1. The summed E-state index contributed by atoms with van der Waals surface area (Å²) in [7, 11) is 0. The van der Waals surface area contributed by atoms with Gasteiger partial charge >= 0.3 is 0 Å². The number of carbonyl (C=O) groups excluding carboxylic acids is 1. The van der Waals surface area contributed by atoms with Gasteiger partial charge in [-0.1, -0.05) is 67.6 Å². The van der Waals surface area contributed by atoms with Crippen molar-refractivity contribution in [3.8, 4) is 11.4 Å². The smallest absolute Gasteiger partial charge is 0.193 e. The van der Waals surface area contributed by atoms with Gasteiger partial charge in [-0.3, -0.25) is 9.69 Å². The number of anilines is 2. The van der Waals surface area contributed by atoms with Crippen molar-refractivity contribution in [2.75, 3.05) is 38.0 Å². The average Bonchev–Trinajstić information content (AvgIpc) is 2.96. The molecule has 0 aliphatic carbocycles. The van der Waals surface area contributed by atoms with Crippen molar-refractivity contribution in [2.45, 2.75) is 13.5 Å².